The van der Waals surface area contributed by atoms with Gasteiger partial charge in [0.05, 0.1) is 5.70 Å². The van der Waals surface area contributed by atoms with E-state index in [9.17, 15) is 0 Å². The van der Waals surface area contributed by atoms with Crippen LogP contribution in [-0.4, -0.2) is 7.05 Å². The van der Waals surface area contributed by atoms with Crippen LogP contribution >= 0.6 is 0 Å². The van der Waals surface area contributed by atoms with E-state index >= 15 is 0 Å². The molecule has 1 atom stereocenters. The summed E-state index contributed by atoms with van der Waals surface area (Å²) in [5.74, 6) is 1.12. The Morgan fingerprint density at radius 3 is 2.62 bits per heavy atom. The van der Waals surface area contributed by atoms with E-state index in [1.807, 2.05) is 7.05 Å². The third-order valence-electron chi connectivity index (χ3n) is 3.30. The predicted octanol–water partition coefficient (Wildman–Crippen LogP) is 3.16. The first-order valence-electron chi connectivity index (χ1n) is 6.09. The molecule has 0 amide bonds. The highest BCUT2D eigenvalue weighted by Crippen LogP contribution is 2.21. The fourth-order valence-corrected chi connectivity index (χ4v) is 1.74. The molecule has 2 N–H and O–H groups in total. The van der Waals surface area contributed by atoms with Crippen LogP contribution < -0.4 is 10.6 Å². The summed E-state index contributed by atoms with van der Waals surface area (Å²) in [6.07, 6.45) is 6.51. The molecule has 1 aliphatic carbocycles. The van der Waals surface area contributed by atoms with Crippen LogP contribution in [-0.2, 0) is 0 Å². The maximum Gasteiger partial charge on any atom is 0.0530 e. The van der Waals surface area contributed by atoms with Gasteiger partial charge in [-0.3, -0.25) is 0 Å². The van der Waals surface area contributed by atoms with Gasteiger partial charge in [-0.2, -0.15) is 0 Å². The molecular formula is C14H24N2. The Hall–Kier alpha value is -1.18. The van der Waals surface area contributed by atoms with Crippen LogP contribution in [0, 0.1) is 11.8 Å². The molecule has 0 radical (unpaired) electrons. The van der Waals surface area contributed by atoms with Crippen LogP contribution in [0.25, 0.3) is 0 Å². The van der Waals surface area contributed by atoms with Gasteiger partial charge in [0.2, 0.25) is 0 Å². The molecule has 1 rings (SSSR count). The first-order valence-corrected chi connectivity index (χ1v) is 6.09. The normalized spacial score (nSPS) is 17.6. The molecule has 0 bridgehead atoms. The number of rotatable bonds is 5. The third kappa shape index (κ3) is 3.16. The highest BCUT2D eigenvalue weighted by molar-refractivity contribution is 5.29. The molecule has 0 heterocycles. The van der Waals surface area contributed by atoms with Crippen LogP contribution in [0.3, 0.4) is 0 Å². The van der Waals surface area contributed by atoms with Gasteiger partial charge in [0, 0.05) is 18.4 Å². The van der Waals surface area contributed by atoms with E-state index in [0.29, 0.717) is 11.8 Å². The van der Waals surface area contributed by atoms with Crippen molar-refractivity contribution in [2.45, 2.75) is 33.6 Å². The maximum absolute atomic E-state index is 4.14. The number of hydrogen-bond acceptors (Lipinski definition) is 2. The van der Waals surface area contributed by atoms with Crippen molar-refractivity contribution in [3.05, 3.63) is 35.8 Å². The number of hydrogen-bond donors (Lipinski definition) is 2. The van der Waals surface area contributed by atoms with Crippen LogP contribution in [0.2, 0.25) is 0 Å². The van der Waals surface area contributed by atoms with Crippen LogP contribution in [0.5, 0.6) is 0 Å². The average molecular weight is 220 g/mol. The molecule has 0 spiro atoms. The van der Waals surface area contributed by atoms with E-state index < -0.39 is 0 Å². The fourth-order valence-electron chi connectivity index (χ4n) is 1.74. The van der Waals surface area contributed by atoms with Crippen molar-refractivity contribution < 1.29 is 0 Å². The molecule has 1 aliphatic rings. The molecule has 0 aromatic heterocycles. The highest BCUT2D eigenvalue weighted by Gasteiger charge is 2.14. The van der Waals surface area contributed by atoms with E-state index in [2.05, 4.69) is 50.1 Å². The van der Waals surface area contributed by atoms with Crippen molar-refractivity contribution in [3.63, 3.8) is 0 Å². The third-order valence-corrected chi connectivity index (χ3v) is 3.30. The van der Waals surface area contributed by atoms with Crippen LogP contribution in [0.15, 0.2) is 35.8 Å². The van der Waals surface area contributed by atoms with Gasteiger partial charge in [-0.15, -0.1) is 0 Å². The standard InChI is InChI=1S/C14H24N2/c1-10(2)11(3)12(4)16-14-9-7-6-8-13(14)15-5/h6,8,10-11,15-16H,4,7,9H2,1-3,5H3. The lowest BCUT2D eigenvalue weighted by Gasteiger charge is -2.24. The number of allylic oxidation sites excluding steroid dienone is 4. The van der Waals surface area contributed by atoms with Crippen LogP contribution in [0.4, 0.5) is 0 Å². The minimum atomic E-state index is 0.497. The monoisotopic (exact) mass is 220 g/mol. The number of nitrogens with one attached hydrogen (secondary N) is 2. The summed E-state index contributed by atoms with van der Waals surface area (Å²) in [5, 5.41) is 6.69. The Bertz CT molecular complexity index is 311. The highest BCUT2D eigenvalue weighted by atomic mass is 15.0. The Morgan fingerprint density at radius 1 is 1.38 bits per heavy atom. The van der Waals surface area contributed by atoms with Gasteiger partial charge in [-0.1, -0.05) is 33.4 Å². The summed E-state index contributed by atoms with van der Waals surface area (Å²) in [7, 11) is 1.96. The van der Waals surface area contributed by atoms with Crippen LogP contribution in [0.1, 0.15) is 33.6 Å². The summed E-state index contributed by atoms with van der Waals surface area (Å²) >= 11 is 0. The zero-order valence-electron chi connectivity index (χ0n) is 10.9. The molecule has 0 aliphatic heterocycles. The Kier molecular flexibility index (Phi) is 4.66. The minimum Gasteiger partial charge on any atom is -0.387 e. The second kappa shape index (κ2) is 5.78. The van der Waals surface area contributed by atoms with Gasteiger partial charge < -0.3 is 10.6 Å². The molecule has 2 heteroatoms. The van der Waals surface area contributed by atoms with Gasteiger partial charge in [0.1, 0.15) is 0 Å². The van der Waals surface area contributed by atoms with E-state index in [4.69, 9.17) is 0 Å². The minimum absolute atomic E-state index is 0.497. The first-order chi connectivity index (χ1) is 7.56. The maximum atomic E-state index is 4.14. The molecule has 0 fully saturated rings. The van der Waals surface area contributed by atoms with Crippen molar-refractivity contribution in [2.75, 3.05) is 7.05 Å². The van der Waals surface area contributed by atoms with Crippen molar-refractivity contribution in [1.82, 2.24) is 10.6 Å². The second-order valence-corrected chi connectivity index (χ2v) is 4.77. The molecule has 0 aromatic carbocycles. The van der Waals surface area contributed by atoms with E-state index in [0.717, 1.165) is 18.5 Å². The Balaban J connectivity index is 2.69. The van der Waals surface area contributed by atoms with Crippen molar-refractivity contribution in [3.8, 4) is 0 Å². The van der Waals surface area contributed by atoms with Gasteiger partial charge >= 0.3 is 0 Å². The second-order valence-electron chi connectivity index (χ2n) is 4.77. The zero-order chi connectivity index (χ0) is 12.1. The van der Waals surface area contributed by atoms with Gasteiger partial charge in [0.15, 0.2) is 0 Å². The summed E-state index contributed by atoms with van der Waals surface area (Å²) in [6.45, 7) is 10.8. The molecule has 0 aromatic rings. The molecule has 2 nitrogen and oxygen atoms in total. The lowest BCUT2D eigenvalue weighted by molar-refractivity contribution is 0.460. The molecule has 16 heavy (non-hydrogen) atoms. The molecular weight excluding hydrogens is 196 g/mol. The molecule has 90 valence electrons. The smallest absolute Gasteiger partial charge is 0.0530 e. The SMILES string of the molecule is C=C(NC1=C(NC)C=CCC1)C(C)C(C)C. The predicted molar refractivity (Wildman–Crippen MR) is 70.7 cm³/mol. The zero-order valence-corrected chi connectivity index (χ0v) is 10.9. The van der Waals surface area contributed by atoms with E-state index in [1.165, 1.54) is 11.4 Å². The molecule has 1 unspecified atom stereocenters. The van der Waals surface area contributed by atoms with Gasteiger partial charge in [0.25, 0.3) is 0 Å². The largest absolute Gasteiger partial charge is 0.387 e. The lowest BCUT2D eigenvalue weighted by Crippen LogP contribution is -2.25. The van der Waals surface area contributed by atoms with Crippen molar-refractivity contribution in [1.29, 1.82) is 0 Å². The summed E-state index contributed by atoms with van der Waals surface area (Å²) in [6, 6.07) is 0. The van der Waals surface area contributed by atoms with Crippen molar-refractivity contribution >= 4 is 0 Å². The Labute approximate surface area is 99.5 Å². The topological polar surface area (TPSA) is 24.1 Å². The number of likely N-dealkylation sites (N-methyl/N-ethyl adjacent to an activating group) is 1. The van der Waals surface area contributed by atoms with Crippen molar-refractivity contribution in [2.24, 2.45) is 11.8 Å². The molecule has 0 saturated heterocycles. The van der Waals surface area contributed by atoms with Gasteiger partial charge in [-0.05, 0) is 30.8 Å². The first kappa shape index (κ1) is 12.9. The molecule has 0 saturated carbocycles. The average Bonchev–Trinajstić information content (AvgIpc) is 2.28. The quantitative estimate of drug-likeness (QED) is 0.743. The van der Waals surface area contributed by atoms with E-state index in [-0.39, 0.29) is 0 Å². The summed E-state index contributed by atoms with van der Waals surface area (Å²) in [4.78, 5) is 0. The summed E-state index contributed by atoms with van der Waals surface area (Å²) in [5.41, 5.74) is 3.57. The Morgan fingerprint density at radius 2 is 2.06 bits per heavy atom. The fraction of sp³-hybridized carbons (Fsp3) is 0.571. The van der Waals surface area contributed by atoms with Gasteiger partial charge in [-0.25, -0.2) is 0 Å². The van der Waals surface area contributed by atoms with E-state index in [1.54, 1.807) is 0 Å². The summed E-state index contributed by atoms with van der Waals surface area (Å²) < 4.78 is 0. The lowest BCUT2D eigenvalue weighted by atomic mass is 9.94.